The van der Waals surface area contributed by atoms with Crippen LogP contribution >= 0.6 is 0 Å². The highest BCUT2D eigenvalue weighted by atomic mass is 19.1. The Hall–Kier alpha value is -3.88. The minimum atomic E-state index is -1.19. The molecule has 3 amide bonds. The highest BCUT2D eigenvalue weighted by Gasteiger charge is 2.36. The molecular weight excluding hydrogens is 441 g/mol. The fourth-order valence-corrected chi connectivity index (χ4v) is 4.12. The average molecular weight is 467 g/mol. The van der Waals surface area contributed by atoms with E-state index in [2.05, 4.69) is 10.6 Å². The third kappa shape index (κ3) is 5.36. The third-order valence-corrected chi connectivity index (χ3v) is 5.74. The van der Waals surface area contributed by atoms with Crippen LogP contribution in [-0.4, -0.2) is 30.3 Å². The second kappa shape index (κ2) is 10.4. The van der Waals surface area contributed by atoms with E-state index < -0.39 is 36.1 Å². The summed E-state index contributed by atoms with van der Waals surface area (Å²) in [7, 11) is 0. The van der Waals surface area contributed by atoms with Crippen molar-refractivity contribution in [2.24, 2.45) is 0 Å². The molecule has 178 valence electrons. The van der Waals surface area contributed by atoms with E-state index >= 15 is 0 Å². The number of nitrogens with one attached hydrogen (secondary N) is 2. The Morgan fingerprint density at radius 2 is 1.91 bits per heavy atom. The summed E-state index contributed by atoms with van der Waals surface area (Å²) in [6.45, 7) is 1.29. The largest absolute Gasteiger partial charge is 0.464 e. The molecule has 3 aromatic rings. The summed E-state index contributed by atoms with van der Waals surface area (Å²) in [5.74, 6) is -1.36. The molecule has 0 bridgehead atoms. The van der Waals surface area contributed by atoms with Crippen molar-refractivity contribution in [1.82, 2.24) is 10.6 Å². The second-order valence-corrected chi connectivity index (χ2v) is 8.24. The number of halogens is 1. The van der Waals surface area contributed by atoms with E-state index in [4.69, 9.17) is 8.83 Å². The molecule has 1 atom stereocenters. The molecule has 1 saturated carbocycles. The summed E-state index contributed by atoms with van der Waals surface area (Å²) in [5.41, 5.74) is 0.165. The first kappa shape index (κ1) is 23.3. The number of anilines is 1. The smallest absolute Gasteiger partial charge is 0.287 e. The van der Waals surface area contributed by atoms with Crippen LogP contribution in [-0.2, 0) is 9.59 Å². The molecule has 1 aliphatic rings. The molecule has 0 spiro atoms. The number of hydrogen-bond donors (Lipinski definition) is 2. The number of furan rings is 2. The van der Waals surface area contributed by atoms with E-state index in [1.165, 1.54) is 30.5 Å². The summed E-state index contributed by atoms with van der Waals surface area (Å²) in [5, 5.41) is 5.50. The van der Waals surface area contributed by atoms with Crippen molar-refractivity contribution in [3.05, 3.63) is 77.9 Å². The van der Waals surface area contributed by atoms with Crippen molar-refractivity contribution in [2.45, 2.75) is 44.7 Å². The molecule has 0 saturated heterocycles. The molecule has 1 aromatic carbocycles. The number of nitrogens with zero attached hydrogens (tertiary/aromatic N) is 1. The van der Waals surface area contributed by atoms with Crippen molar-refractivity contribution in [2.75, 3.05) is 11.4 Å². The summed E-state index contributed by atoms with van der Waals surface area (Å²) >= 11 is 0. The van der Waals surface area contributed by atoms with Crippen LogP contribution in [0.3, 0.4) is 0 Å². The van der Waals surface area contributed by atoms with Crippen LogP contribution in [0.15, 0.2) is 63.6 Å². The van der Waals surface area contributed by atoms with Crippen LogP contribution in [0.4, 0.5) is 10.1 Å². The van der Waals surface area contributed by atoms with E-state index in [0.29, 0.717) is 5.76 Å². The monoisotopic (exact) mass is 467 g/mol. The Morgan fingerprint density at radius 1 is 1.12 bits per heavy atom. The Morgan fingerprint density at radius 3 is 2.56 bits per heavy atom. The summed E-state index contributed by atoms with van der Waals surface area (Å²) < 4.78 is 24.9. The fraction of sp³-hybridized carbons (Fsp3) is 0.320. The molecule has 2 heterocycles. The molecule has 1 aliphatic carbocycles. The predicted octanol–water partition coefficient (Wildman–Crippen LogP) is 3.88. The number of benzene rings is 1. The van der Waals surface area contributed by atoms with E-state index in [-0.39, 0.29) is 23.2 Å². The van der Waals surface area contributed by atoms with Crippen LogP contribution < -0.4 is 15.5 Å². The Labute approximate surface area is 196 Å². The molecular formula is C25H26FN3O5. The summed E-state index contributed by atoms with van der Waals surface area (Å²) in [4.78, 5) is 40.4. The van der Waals surface area contributed by atoms with Gasteiger partial charge in [-0.1, -0.05) is 18.9 Å². The Balaban J connectivity index is 1.66. The van der Waals surface area contributed by atoms with Gasteiger partial charge in [-0.15, -0.1) is 0 Å². The summed E-state index contributed by atoms with van der Waals surface area (Å²) in [6.07, 6.45) is 5.07. The van der Waals surface area contributed by atoms with E-state index in [1.807, 2.05) is 0 Å². The zero-order chi connectivity index (χ0) is 24.1. The van der Waals surface area contributed by atoms with Crippen LogP contribution in [0.2, 0.25) is 0 Å². The van der Waals surface area contributed by atoms with E-state index in [1.54, 1.807) is 25.1 Å². The van der Waals surface area contributed by atoms with Gasteiger partial charge in [0.1, 0.15) is 17.3 Å². The lowest BCUT2D eigenvalue weighted by molar-refractivity contribution is -0.127. The first-order valence-corrected chi connectivity index (χ1v) is 11.2. The highest BCUT2D eigenvalue weighted by molar-refractivity contribution is 6.04. The topological polar surface area (TPSA) is 105 Å². The zero-order valence-electron chi connectivity index (χ0n) is 18.8. The van der Waals surface area contributed by atoms with Gasteiger partial charge in [0.05, 0.1) is 12.8 Å². The van der Waals surface area contributed by atoms with Gasteiger partial charge in [0.2, 0.25) is 5.91 Å². The van der Waals surface area contributed by atoms with Crippen molar-refractivity contribution < 1.29 is 27.6 Å². The van der Waals surface area contributed by atoms with Crippen molar-refractivity contribution >= 4 is 23.4 Å². The summed E-state index contributed by atoms with van der Waals surface area (Å²) in [6, 6.07) is 10.5. The van der Waals surface area contributed by atoms with Crippen LogP contribution in [0, 0.1) is 12.7 Å². The first-order valence-electron chi connectivity index (χ1n) is 11.2. The normalized spacial score (nSPS) is 14.5. The molecule has 1 fully saturated rings. The maximum atomic E-state index is 14.1. The molecule has 34 heavy (non-hydrogen) atoms. The average Bonchev–Trinajstić information content (AvgIpc) is 3.59. The fourth-order valence-electron chi connectivity index (χ4n) is 4.12. The molecule has 0 aliphatic heterocycles. The number of amides is 3. The zero-order valence-corrected chi connectivity index (χ0v) is 18.8. The molecule has 0 unspecified atom stereocenters. The number of carbonyl (C=O) groups is 3. The van der Waals surface area contributed by atoms with Gasteiger partial charge >= 0.3 is 0 Å². The van der Waals surface area contributed by atoms with Gasteiger partial charge in [-0.2, -0.15) is 0 Å². The van der Waals surface area contributed by atoms with Crippen LogP contribution in [0.1, 0.15) is 53.8 Å². The molecule has 0 radical (unpaired) electrons. The SMILES string of the molecule is Cc1ccc([C@@H](C(=O)NC2CCCC2)N(C(=O)CNC(=O)c2ccco2)c2cccc(F)c2)o1. The lowest BCUT2D eigenvalue weighted by Crippen LogP contribution is -2.49. The third-order valence-electron chi connectivity index (χ3n) is 5.74. The number of rotatable bonds is 8. The van der Waals surface area contributed by atoms with Crippen molar-refractivity contribution in [1.29, 1.82) is 0 Å². The molecule has 2 aromatic heterocycles. The van der Waals surface area contributed by atoms with Gasteiger partial charge in [0.25, 0.3) is 11.8 Å². The lowest BCUT2D eigenvalue weighted by Gasteiger charge is -2.31. The van der Waals surface area contributed by atoms with E-state index in [9.17, 15) is 18.8 Å². The van der Waals surface area contributed by atoms with Crippen LogP contribution in [0.25, 0.3) is 0 Å². The van der Waals surface area contributed by atoms with Gasteiger partial charge in [-0.25, -0.2) is 4.39 Å². The van der Waals surface area contributed by atoms with E-state index in [0.717, 1.165) is 36.6 Å². The first-order chi connectivity index (χ1) is 16.4. The standard InChI is InChI=1S/C25H26FN3O5/c1-16-11-12-20(34-16)23(25(32)28-18-7-2-3-8-18)29(19-9-4-6-17(26)14-19)22(30)15-27-24(31)21-10-5-13-33-21/h4-6,9-14,18,23H,2-3,7-8,15H2,1H3,(H,27,31)(H,28,32)/t23-/m0/s1. The van der Waals surface area contributed by atoms with Crippen LogP contribution in [0.5, 0.6) is 0 Å². The minimum absolute atomic E-state index is 0.00539. The number of hydrogen-bond acceptors (Lipinski definition) is 5. The van der Waals surface area contributed by atoms with Gasteiger partial charge < -0.3 is 19.5 Å². The number of aryl methyl sites for hydroxylation is 1. The molecule has 8 nitrogen and oxygen atoms in total. The molecule has 4 rings (SSSR count). The second-order valence-electron chi connectivity index (χ2n) is 8.24. The van der Waals surface area contributed by atoms with Gasteiger partial charge in [0.15, 0.2) is 11.8 Å². The predicted molar refractivity (Wildman–Crippen MR) is 122 cm³/mol. The van der Waals surface area contributed by atoms with Crippen molar-refractivity contribution in [3.8, 4) is 0 Å². The highest BCUT2D eigenvalue weighted by Crippen LogP contribution is 2.30. The minimum Gasteiger partial charge on any atom is -0.464 e. The maximum absolute atomic E-state index is 14.1. The van der Waals surface area contributed by atoms with Crippen molar-refractivity contribution in [3.63, 3.8) is 0 Å². The Kier molecular flexibility index (Phi) is 7.10. The van der Waals surface area contributed by atoms with Gasteiger partial charge in [-0.3, -0.25) is 19.3 Å². The Bertz CT molecular complexity index is 1150. The van der Waals surface area contributed by atoms with Gasteiger partial charge in [-0.05, 0) is 62.2 Å². The lowest BCUT2D eigenvalue weighted by atomic mass is 10.1. The van der Waals surface area contributed by atoms with Gasteiger partial charge in [0, 0.05) is 11.7 Å². The quantitative estimate of drug-likeness (QED) is 0.523. The number of carbonyl (C=O) groups excluding carboxylic acids is 3. The molecule has 9 heteroatoms. The molecule has 2 N–H and O–H groups in total. The maximum Gasteiger partial charge on any atom is 0.287 e.